The van der Waals surface area contributed by atoms with Crippen molar-refractivity contribution in [3.8, 4) is 5.75 Å². The zero-order chi connectivity index (χ0) is 9.68. The van der Waals surface area contributed by atoms with Gasteiger partial charge >= 0.3 is 0 Å². The molecule has 0 saturated heterocycles. The molecule has 0 unspecified atom stereocenters. The van der Waals surface area contributed by atoms with Crippen molar-refractivity contribution in [2.75, 3.05) is 6.61 Å². The van der Waals surface area contributed by atoms with Gasteiger partial charge in [0.05, 0.1) is 12.2 Å². The summed E-state index contributed by atoms with van der Waals surface area (Å²) in [4.78, 5) is 0. The first-order valence-corrected chi connectivity index (χ1v) is 4.07. The van der Waals surface area contributed by atoms with Gasteiger partial charge in [0, 0.05) is 0 Å². The van der Waals surface area contributed by atoms with Gasteiger partial charge in [0.15, 0.2) is 0 Å². The van der Waals surface area contributed by atoms with E-state index in [0.717, 1.165) is 0 Å². The molecule has 13 heavy (non-hydrogen) atoms. The smallest absolute Gasteiger partial charge is 0.143 e. The van der Waals surface area contributed by atoms with E-state index in [4.69, 9.17) is 16.0 Å². The number of nitrogens with one attached hydrogen (secondary N) is 2. The molecule has 1 aromatic carbocycles. The van der Waals surface area contributed by atoms with Gasteiger partial charge in [-0.15, -0.1) is 0 Å². The normalized spacial score (nSPS) is 9.38. The predicted molar refractivity (Wildman–Crippen MR) is 51.8 cm³/mol. The second kappa shape index (κ2) is 4.47. The monoisotopic (exact) mass is 179 g/mol. The van der Waals surface area contributed by atoms with Gasteiger partial charge in [-0.25, -0.2) is 5.84 Å². The Morgan fingerprint density at radius 1 is 1.54 bits per heavy atom. The van der Waals surface area contributed by atoms with Crippen LogP contribution in [0.15, 0.2) is 24.3 Å². The fourth-order valence-corrected chi connectivity index (χ4v) is 1.03. The van der Waals surface area contributed by atoms with E-state index in [1.165, 1.54) is 0 Å². The van der Waals surface area contributed by atoms with Crippen molar-refractivity contribution in [2.24, 2.45) is 5.84 Å². The van der Waals surface area contributed by atoms with Gasteiger partial charge in [-0.05, 0) is 19.1 Å². The summed E-state index contributed by atoms with van der Waals surface area (Å²) in [6.45, 7) is 2.48. The van der Waals surface area contributed by atoms with Crippen molar-refractivity contribution in [1.82, 2.24) is 5.43 Å². The van der Waals surface area contributed by atoms with Crippen LogP contribution in [-0.4, -0.2) is 12.4 Å². The van der Waals surface area contributed by atoms with Crippen LogP contribution < -0.4 is 16.0 Å². The van der Waals surface area contributed by atoms with E-state index >= 15 is 0 Å². The number of para-hydroxylation sites is 1. The van der Waals surface area contributed by atoms with Crippen molar-refractivity contribution >= 4 is 5.84 Å². The number of nitrogens with two attached hydrogens (primary N) is 1. The van der Waals surface area contributed by atoms with Gasteiger partial charge in [0.1, 0.15) is 11.6 Å². The Kier molecular flexibility index (Phi) is 3.28. The Labute approximate surface area is 77.2 Å². The van der Waals surface area contributed by atoms with E-state index in [1.807, 2.05) is 25.1 Å². The van der Waals surface area contributed by atoms with E-state index in [0.29, 0.717) is 17.9 Å². The molecule has 1 rings (SSSR count). The van der Waals surface area contributed by atoms with Crippen molar-refractivity contribution in [3.05, 3.63) is 29.8 Å². The van der Waals surface area contributed by atoms with Crippen LogP contribution >= 0.6 is 0 Å². The molecule has 0 spiro atoms. The third kappa shape index (κ3) is 2.19. The number of hydrogen-bond acceptors (Lipinski definition) is 3. The first-order valence-electron chi connectivity index (χ1n) is 4.07. The molecule has 1 aromatic rings. The van der Waals surface area contributed by atoms with Gasteiger partial charge in [-0.3, -0.25) is 5.41 Å². The van der Waals surface area contributed by atoms with E-state index in [9.17, 15) is 0 Å². The standard InChI is InChI=1S/C9H13N3O/c1-2-13-8-6-4-3-5-7(8)9(10)12-11/h3-6H,2,11H2,1H3,(H2,10,12). The SMILES string of the molecule is CCOc1ccccc1C(=N)NN. The molecule has 0 atom stereocenters. The lowest BCUT2D eigenvalue weighted by molar-refractivity contribution is 0.339. The molecule has 0 bridgehead atoms. The number of hydrogen-bond donors (Lipinski definition) is 3. The molecule has 0 fully saturated rings. The number of benzene rings is 1. The van der Waals surface area contributed by atoms with E-state index in [-0.39, 0.29) is 5.84 Å². The highest BCUT2D eigenvalue weighted by atomic mass is 16.5. The average molecular weight is 179 g/mol. The molecule has 0 saturated carbocycles. The van der Waals surface area contributed by atoms with Crippen LogP contribution in [0.5, 0.6) is 5.75 Å². The Balaban J connectivity index is 2.97. The van der Waals surface area contributed by atoms with Crippen LogP contribution in [0.2, 0.25) is 0 Å². The fraction of sp³-hybridized carbons (Fsp3) is 0.222. The molecule has 0 heterocycles. The Morgan fingerprint density at radius 2 is 2.23 bits per heavy atom. The largest absolute Gasteiger partial charge is 0.493 e. The Hall–Kier alpha value is -1.55. The first-order chi connectivity index (χ1) is 6.29. The molecule has 0 aromatic heterocycles. The minimum absolute atomic E-state index is 0.157. The topological polar surface area (TPSA) is 71.1 Å². The number of ether oxygens (including phenoxy) is 1. The third-order valence-corrected chi connectivity index (χ3v) is 1.60. The number of rotatable bonds is 3. The van der Waals surface area contributed by atoms with Crippen molar-refractivity contribution in [2.45, 2.75) is 6.92 Å². The van der Waals surface area contributed by atoms with Gasteiger partial charge in [-0.1, -0.05) is 12.1 Å². The van der Waals surface area contributed by atoms with Crippen LogP contribution in [0, 0.1) is 5.41 Å². The van der Waals surface area contributed by atoms with Crippen molar-refractivity contribution in [1.29, 1.82) is 5.41 Å². The highest BCUT2D eigenvalue weighted by Gasteiger charge is 2.05. The number of amidine groups is 1. The second-order valence-corrected chi connectivity index (χ2v) is 2.45. The van der Waals surface area contributed by atoms with Crippen LogP contribution in [-0.2, 0) is 0 Å². The molecule has 4 heteroatoms. The molecular formula is C9H13N3O. The molecule has 0 amide bonds. The first kappa shape index (κ1) is 9.54. The summed E-state index contributed by atoms with van der Waals surface area (Å²) in [5.41, 5.74) is 2.96. The summed E-state index contributed by atoms with van der Waals surface area (Å²) in [5, 5.41) is 7.48. The molecule has 0 aliphatic rings. The minimum atomic E-state index is 0.157. The van der Waals surface area contributed by atoms with Gasteiger partial charge in [-0.2, -0.15) is 0 Å². The summed E-state index contributed by atoms with van der Waals surface area (Å²) in [7, 11) is 0. The average Bonchev–Trinajstić information content (AvgIpc) is 2.18. The summed E-state index contributed by atoms with van der Waals surface area (Å²) in [6, 6.07) is 7.29. The lowest BCUT2D eigenvalue weighted by atomic mass is 10.2. The van der Waals surface area contributed by atoms with E-state index in [2.05, 4.69) is 5.43 Å². The van der Waals surface area contributed by atoms with Gasteiger partial charge in [0.2, 0.25) is 0 Å². The number of hydrazine groups is 1. The second-order valence-electron chi connectivity index (χ2n) is 2.45. The zero-order valence-corrected chi connectivity index (χ0v) is 7.50. The fourth-order valence-electron chi connectivity index (χ4n) is 1.03. The summed E-state index contributed by atoms with van der Waals surface area (Å²) < 4.78 is 5.32. The Morgan fingerprint density at radius 3 is 2.85 bits per heavy atom. The Bertz CT molecular complexity index is 299. The van der Waals surface area contributed by atoms with Crippen LogP contribution in [0.1, 0.15) is 12.5 Å². The molecule has 0 aliphatic heterocycles. The molecule has 4 N–H and O–H groups in total. The summed E-state index contributed by atoms with van der Waals surface area (Å²) >= 11 is 0. The molecule has 70 valence electrons. The van der Waals surface area contributed by atoms with Crippen molar-refractivity contribution < 1.29 is 4.74 Å². The maximum absolute atomic E-state index is 7.48. The molecule has 0 radical (unpaired) electrons. The van der Waals surface area contributed by atoms with E-state index in [1.54, 1.807) is 6.07 Å². The van der Waals surface area contributed by atoms with Crippen LogP contribution in [0.25, 0.3) is 0 Å². The highest BCUT2D eigenvalue weighted by Crippen LogP contribution is 2.16. The predicted octanol–water partition coefficient (Wildman–Crippen LogP) is 0.874. The molecular weight excluding hydrogens is 166 g/mol. The summed E-state index contributed by atoms with van der Waals surface area (Å²) in [5.74, 6) is 5.97. The molecule has 4 nitrogen and oxygen atoms in total. The quantitative estimate of drug-likeness (QED) is 0.279. The lowest BCUT2D eigenvalue weighted by Crippen LogP contribution is -2.30. The highest BCUT2D eigenvalue weighted by molar-refractivity contribution is 5.98. The summed E-state index contributed by atoms with van der Waals surface area (Å²) in [6.07, 6.45) is 0. The van der Waals surface area contributed by atoms with Gasteiger partial charge < -0.3 is 10.2 Å². The lowest BCUT2D eigenvalue weighted by Gasteiger charge is -2.09. The zero-order valence-electron chi connectivity index (χ0n) is 7.50. The maximum Gasteiger partial charge on any atom is 0.143 e. The van der Waals surface area contributed by atoms with Crippen LogP contribution in [0.3, 0.4) is 0 Å². The van der Waals surface area contributed by atoms with E-state index < -0.39 is 0 Å². The van der Waals surface area contributed by atoms with Gasteiger partial charge in [0.25, 0.3) is 0 Å². The van der Waals surface area contributed by atoms with Crippen molar-refractivity contribution in [3.63, 3.8) is 0 Å². The van der Waals surface area contributed by atoms with Crippen LogP contribution in [0.4, 0.5) is 0 Å². The molecule has 0 aliphatic carbocycles. The maximum atomic E-state index is 7.48. The third-order valence-electron chi connectivity index (χ3n) is 1.60. The minimum Gasteiger partial charge on any atom is -0.493 e.